The van der Waals surface area contributed by atoms with Gasteiger partial charge < -0.3 is 4.90 Å². The first-order valence-electron chi connectivity index (χ1n) is 24.4. The Kier molecular flexibility index (Phi) is 7.67. The molecule has 4 bridgehead atoms. The fraction of sp³-hybridized carbons (Fsp3) is 0.169. The van der Waals surface area contributed by atoms with Gasteiger partial charge in [0.25, 0.3) is 0 Å². The van der Waals surface area contributed by atoms with Crippen LogP contribution in [-0.4, -0.2) is 0 Å². The molecule has 10 aromatic carbocycles. The Balaban J connectivity index is 1.01. The highest BCUT2D eigenvalue weighted by molar-refractivity contribution is 6.25. The molecule has 314 valence electrons. The van der Waals surface area contributed by atoms with Gasteiger partial charge in [0.1, 0.15) is 0 Å². The fourth-order valence-electron chi connectivity index (χ4n) is 15.3. The van der Waals surface area contributed by atoms with Crippen LogP contribution in [0.5, 0.6) is 0 Å². The molecule has 0 unspecified atom stereocenters. The van der Waals surface area contributed by atoms with Crippen LogP contribution < -0.4 is 4.90 Å². The molecule has 6 aliphatic carbocycles. The highest BCUT2D eigenvalue weighted by Gasteiger charge is 2.61. The van der Waals surface area contributed by atoms with Gasteiger partial charge in [-0.1, -0.05) is 176 Å². The lowest BCUT2D eigenvalue weighted by molar-refractivity contribution is -0.0399. The highest BCUT2D eigenvalue weighted by Crippen LogP contribution is 2.70. The van der Waals surface area contributed by atoms with E-state index >= 15 is 0 Å². The van der Waals surface area contributed by atoms with E-state index in [0.29, 0.717) is 11.8 Å². The molecule has 0 atom stereocenters. The van der Waals surface area contributed by atoms with Gasteiger partial charge in [0.05, 0.1) is 5.41 Å². The lowest BCUT2D eigenvalue weighted by atomic mass is 9.43. The molecule has 0 aliphatic heterocycles. The first-order chi connectivity index (χ1) is 32.7. The fourth-order valence-corrected chi connectivity index (χ4v) is 15.3. The van der Waals surface area contributed by atoms with E-state index in [4.69, 9.17) is 0 Å². The van der Waals surface area contributed by atoms with E-state index < -0.39 is 5.41 Å². The van der Waals surface area contributed by atoms with Crippen LogP contribution in [0.25, 0.3) is 54.6 Å². The zero-order valence-corrected chi connectivity index (χ0v) is 37.0. The predicted octanol–water partition coefficient (Wildman–Crippen LogP) is 16.7. The van der Waals surface area contributed by atoms with Crippen molar-refractivity contribution in [2.75, 3.05) is 4.90 Å². The highest BCUT2D eigenvalue weighted by atomic mass is 15.1. The van der Waals surface area contributed by atoms with Crippen molar-refractivity contribution in [3.8, 4) is 22.3 Å². The van der Waals surface area contributed by atoms with Crippen molar-refractivity contribution in [3.63, 3.8) is 0 Å². The first-order valence-corrected chi connectivity index (χ1v) is 24.4. The van der Waals surface area contributed by atoms with E-state index in [1.165, 1.54) is 126 Å². The molecular weight excluding hydrogens is 795 g/mol. The van der Waals surface area contributed by atoms with Crippen LogP contribution in [0.15, 0.2) is 212 Å². The van der Waals surface area contributed by atoms with E-state index in [0.717, 1.165) is 11.8 Å². The molecule has 0 heterocycles. The molecule has 10 aromatic rings. The summed E-state index contributed by atoms with van der Waals surface area (Å²) in [5.41, 5.74) is 17.1. The summed E-state index contributed by atoms with van der Waals surface area (Å²) in [4.78, 5) is 2.61. The Hall–Kier alpha value is -7.22. The van der Waals surface area contributed by atoms with E-state index in [1.54, 1.807) is 11.1 Å². The topological polar surface area (TPSA) is 3.24 Å². The minimum atomic E-state index is -0.501. The van der Waals surface area contributed by atoms with Crippen LogP contribution >= 0.6 is 0 Å². The molecule has 1 spiro atoms. The first kappa shape index (κ1) is 37.0. The van der Waals surface area contributed by atoms with Crippen molar-refractivity contribution in [1.29, 1.82) is 0 Å². The van der Waals surface area contributed by atoms with Gasteiger partial charge in [-0.3, -0.25) is 0 Å². The molecule has 0 N–H and O–H groups in total. The summed E-state index contributed by atoms with van der Waals surface area (Å²) in [5, 5.41) is 7.78. The number of fused-ring (bicyclic) bond motifs is 12. The molecule has 0 radical (unpaired) electrons. The second kappa shape index (κ2) is 13.7. The zero-order chi connectivity index (χ0) is 43.1. The summed E-state index contributed by atoms with van der Waals surface area (Å²) >= 11 is 0. The summed E-state index contributed by atoms with van der Waals surface area (Å²) < 4.78 is 0. The van der Waals surface area contributed by atoms with Gasteiger partial charge in [0.15, 0.2) is 0 Å². The van der Waals surface area contributed by atoms with E-state index in [9.17, 15) is 0 Å². The second-order valence-corrected chi connectivity index (χ2v) is 20.4. The molecule has 16 rings (SSSR count). The summed E-state index contributed by atoms with van der Waals surface area (Å²) in [5.74, 6) is 3.16. The lowest BCUT2D eigenvalue weighted by Gasteiger charge is -2.61. The molecule has 6 aliphatic rings. The molecule has 66 heavy (non-hydrogen) atoms. The summed E-state index contributed by atoms with van der Waals surface area (Å²) in [6, 6.07) is 81.4. The summed E-state index contributed by atoms with van der Waals surface area (Å²) in [6.45, 7) is 0. The number of anilines is 3. The Morgan fingerprint density at radius 1 is 0.303 bits per heavy atom. The van der Waals surface area contributed by atoms with E-state index in [-0.39, 0.29) is 5.41 Å². The maximum absolute atomic E-state index is 2.67. The Labute approximate surface area is 387 Å². The van der Waals surface area contributed by atoms with Gasteiger partial charge in [-0.05, 0) is 180 Å². The number of benzene rings is 10. The van der Waals surface area contributed by atoms with Crippen molar-refractivity contribution < 1.29 is 0 Å². The average Bonchev–Trinajstić information content (AvgIpc) is 3.84. The van der Waals surface area contributed by atoms with Crippen LogP contribution in [0, 0.1) is 23.7 Å². The average molecular weight is 844 g/mol. The largest absolute Gasteiger partial charge is 0.310 e. The Bertz CT molecular complexity index is 3520. The minimum Gasteiger partial charge on any atom is -0.310 e. The number of hydrogen-bond donors (Lipinski definition) is 0. The maximum atomic E-state index is 2.67. The molecule has 0 aromatic heterocycles. The zero-order valence-electron chi connectivity index (χ0n) is 37.0. The van der Waals surface area contributed by atoms with Crippen LogP contribution in [0.2, 0.25) is 0 Å². The van der Waals surface area contributed by atoms with Crippen LogP contribution in [0.3, 0.4) is 0 Å². The standard InChI is InChI=1S/C65H49N/c1-3-15-43(16-4-1)64(44-17-5-2-6-18-44)60-25-13-11-23-55(60)57-31-28-48(39-62(57)64)66(47-27-30-54-52-21-8-7-19-50(52)51-20-9-10-22-53(51)59(54)38-47)49-29-32-58-56-24-12-14-26-61(56)65(63(58)40-49)45-34-41-33-42(36-45)37-46(65)35-41/h1-32,38-42,45-46H,33-37H2. The van der Waals surface area contributed by atoms with Crippen molar-refractivity contribution >= 4 is 49.4 Å². The smallest absolute Gasteiger partial charge is 0.0714 e. The molecule has 1 nitrogen and oxygen atoms in total. The van der Waals surface area contributed by atoms with Gasteiger partial charge in [-0.15, -0.1) is 0 Å². The Morgan fingerprint density at radius 3 is 1.30 bits per heavy atom. The van der Waals surface area contributed by atoms with Crippen molar-refractivity contribution in [2.45, 2.75) is 42.9 Å². The maximum Gasteiger partial charge on any atom is 0.0714 e. The van der Waals surface area contributed by atoms with Gasteiger partial charge >= 0.3 is 0 Å². The number of nitrogens with zero attached hydrogens (tertiary/aromatic N) is 1. The Morgan fingerprint density at radius 2 is 0.712 bits per heavy atom. The number of rotatable bonds is 5. The predicted molar refractivity (Wildman–Crippen MR) is 274 cm³/mol. The molecular formula is C65H49N. The van der Waals surface area contributed by atoms with E-state index in [1.807, 2.05) is 0 Å². The molecule has 4 saturated carbocycles. The monoisotopic (exact) mass is 843 g/mol. The van der Waals surface area contributed by atoms with Crippen LogP contribution in [0.4, 0.5) is 17.1 Å². The summed E-state index contributed by atoms with van der Waals surface area (Å²) in [7, 11) is 0. The van der Waals surface area contributed by atoms with Crippen molar-refractivity contribution in [2.24, 2.45) is 23.7 Å². The minimum absolute atomic E-state index is 0.0644. The third kappa shape index (κ3) is 4.80. The molecule has 4 fully saturated rings. The normalized spacial score (nSPS) is 22.4. The summed E-state index contributed by atoms with van der Waals surface area (Å²) in [6.07, 6.45) is 6.92. The van der Waals surface area contributed by atoms with Gasteiger partial charge in [0, 0.05) is 22.5 Å². The second-order valence-electron chi connectivity index (χ2n) is 20.4. The van der Waals surface area contributed by atoms with Gasteiger partial charge in [-0.2, -0.15) is 0 Å². The van der Waals surface area contributed by atoms with Gasteiger partial charge in [0.2, 0.25) is 0 Å². The van der Waals surface area contributed by atoms with Crippen molar-refractivity contribution in [1.82, 2.24) is 0 Å². The quantitative estimate of drug-likeness (QED) is 0.156. The van der Waals surface area contributed by atoms with Crippen LogP contribution in [-0.2, 0) is 10.8 Å². The SMILES string of the molecule is c1ccc(C2(c3ccccc3)c3ccccc3-c3ccc(N(c4ccc5c(c4)C4(c6ccccc6-5)C5CC6CC(C5)CC4C6)c4ccc5c6ccccc6c6ccccc6c5c4)cc32)cc1. The van der Waals surface area contributed by atoms with Crippen molar-refractivity contribution in [3.05, 3.63) is 246 Å². The molecule has 0 saturated heterocycles. The third-order valence-electron chi connectivity index (χ3n) is 17.5. The number of hydrogen-bond acceptors (Lipinski definition) is 1. The van der Waals surface area contributed by atoms with Crippen LogP contribution in [0.1, 0.15) is 65.5 Å². The lowest BCUT2D eigenvalue weighted by Crippen LogP contribution is -2.55. The van der Waals surface area contributed by atoms with Gasteiger partial charge in [-0.25, -0.2) is 0 Å². The molecule has 1 heteroatoms. The molecule has 0 amide bonds. The van der Waals surface area contributed by atoms with E-state index in [2.05, 4.69) is 217 Å². The third-order valence-corrected chi connectivity index (χ3v) is 17.5.